The third-order valence-electron chi connectivity index (χ3n) is 3.55. The summed E-state index contributed by atoms with van der Waals surface area (Å²) in [4.78, 5) is 0. The Balaban J connectivity index is 4.46. The molecule has 2 heteroatoms. The Morgan fingerprint density at radius 2 is 1.83 bits per heavy atom. The SMILES string of the molecule is C/C=C(/C#CCCCCC)O[Si](C)(C)C(C)(C)C. The number of hydrogen-bond donors (Lipinski definition) is 0. The molecule has 0 radical (unpaired) electrons. The molecule has 0 spiro atoms. The smallest absolute Gasteiger partial charge is 0.251 e. The van der Waals surface area contributed by atoms with Crippen molar-refractivity contribution in [1.29, 1.82) is 0 Å². The van der Waals surface area contributed by atoms with E-state index in [-0.39, 0.29) is 5.04 Å². The second-order valence-corrected chi connectivity index (χ2v) is 11.0. The molecule has 0 aliphatic carbocycles. The third kappa shape index (κ3) is 6.30. The van der Waals surface area contributed by atoms with Crippen molar-refractivity contribution in [3.05, 3.63) is 11.8 Å². The summed E-state index contributed by atoms with van der Waals surface area (Å²) in [6, 6.07) is 0. The summed E-state index contributed by atoms with van der Waals surface area (Å²) in [5.74, 6) is 7.26. The zero-order valence-corrected chi connectivity index (χ0v) is 14.3. The molecule has 0 amide bonds. The molecule has 0 aliphatic rings. The Morgan fingerprint density at radius 1 is 1.22 bits per heavy atom. The van der Waals surface area contributed by atoms with E-state index in [2.05, 4.69) is 52.6 Å². The van der Waals surface area contributed by atoms with E-state index in [0.29, 0.717) is 0 Å². The molecule has 0 atom stereocenters. The molecule has 0 unspecified atom stereocenters. The second kappa shape index (κ2) is 7.69. The van der Waals surface area contributed by atoms with Gasteiger partial charge in [0.15, 0.2) is 5.76 Å². The number of allylic oxidation sites excluding steroid dienone is 2. The minimum absolute atomic E-state index is 0.227. The lowest BCUT2D eigenvalue weighted by atomic mass is 10.2. The monoisotopic (exact) mass is 266 g/mol. The molecular formula is C16H30OSi. The van der Waals surface area contributed by atoms with Gasteiger partial charge >= 0.3 is 0 Å². The highest BCUT2D eigenvalue weighted by Crippen LogP contribution is 2.37. The highest BCUT2D eigenvalue weighted by Gasteiger charge is 2.39. The summed E-state index contributed by atoms with van der Waals surface area (Å²) in [7, 11) is -1.74. The Morgan fingerprint density at radius 3 is 2.28 bits per heavy atom. The Bertz CT molecular complexity index is 323. The summed E-state index contributed by atoms with van der Waals surface area (Å²) in [6.07, 6.45) is 6.68. The fourth-order valence-electron chi connectivity index (χ4n) is 1.20. The van der Waals surface area contributed by atoms with Crippen LogP contribution in [0, 0.1) is 11.8 Å². The van der Waals surface area contributed by atoms with Crippen molar-refractivity contribution in [1.82, 2.24) is 0 Å². The molecule has 0 aromatic rings. The lowest BCUT2D eigenvalue weighted by Gasteiger charge is -2.36. The largest absolute Gasteiger partial charge is 0.538 e. The molecule has 104 valence electrons. The van der Waals surface area contributed by atoms with Crippen LogP contribution in [0.4, 0.5) is 0 Å². The first-order valence-corrected chi connectivity index (χ1v) is 9.99. The van der Waals surface area contributed by atoms with Gasteiger partial charge < -0.3 is 4.43 Å². The van der Waals surface area contributed by atoms with Gasteiger partial charge in [0, 0.05) is 6.42 Å². The quantitative estimate of drug-likeness (QED) is 0.276. The van der Waals surface area contributed by atoms with Crippen LogP contribution in [0.15, 0.2) is 11.8 Å². The van der Waals surface area contributed by atoms with Crippen LogP contribution in [-0.4, -0.2) is 8.32 Å². The van der Waals surface area contributed by atoms with Crippen molar-refractivity contribution in [2.45, 2.75) is 78.4 Å². The van der Waals surface area contributed by atoms with Gasteiger partial charge in [0.05, 0.1) is 0 Å². The Hall–Kier alpha value is -0.683. The molecule has 0 aromatic heterocycles. The van der Waals surface area contributed by atoms with Gasteiger partial charge in [0.1, 0.15) is 0 Å². The van der Waals surface area contributed by atoms with E-state index in [1.807, 2.05) is 13.0 Å². The molecule has 0 bridgehead atoms. The van der Waals surface area contributed by atoms with E-state index in [9.17, 15) is 0 Å². The standard InChI is InChI=1S/C16H30OSi/c1-8-10-11-12-13-14-15(9-2)17-18(6,7)16(3,4)5/h9H,8,10-12H2,1-7H3/b15-9-. The normalized spacial score (nSPS) is 12.9. The van der Waals surface area contributed by atoms with E-state index in [1.165, 1.54) is 19.3 Å². The van der Waals surface area contributed by atoms with Gasteiger partial charge in [0.25, 0.3) is 8.32 Å². The Kier molecular flexibility index (Phi) is 7.39. The predicted octanol–water partition coefficient (Wildman–Crippen LogP) is 5.50. The summed E-state index contributed by atoms with van der Waals surface area (Å²) in [6.45, 7) is 15.5. The van der Waals surface area contributed by atoms with E-state index in [1.54, 1.807) is 0 Å². The maximum atomic E-state index is 6.18. The lowest BCUT2D eigenvalue weighted by molar-refractivity contribution is 0.403. The van der Waals surface area contributed by atoms with Crippen molar-refractivity contribution in [3.8, 4) is 11.8 Å². The zero-order valence-electron chi connectivity index (χ0n) is 13.3. The first kappa shape index (κ1) is 17.3. The molecule has 0 N–H and O–H groups in total. The van der Waals surface area contributed by atoms with Crippen LogP contribution in [-0.2, 0) is 4.43 Å². The summed E-state index contributed by atoms with van der Waals surface area (Å²) in [5, 5.41) is 0.227. The fraction of sp³-hybridized carbons (Fsp3) is 0.750. The molecule has 0 saturated carbocycles. The minimum atomic E-state index is -1.74. The second-order valence-electron chi connectivity index (χ2n) is 6.27. The molecule has 0 saturated heterocycles. The van der Waals surface area contributed by atoms with E-state index >= 15 is 0 Å². The van der Waals surface area contributed by atoms with E-state index in [4.69, 9.17) is 4.43 Å². The van der Waals surface area contributed by atoms with Crippen LogP contribution in [0.5, 0.6) is 0 Å². The summed E-state index contributed by atoms with van der Waals surface area (Å²) in [5.41, 5.74) is 0. The zero-order chi connectivity index (χ0) is 14.2. The molecule has 0 fully saturated rings. The first-order chi connectivity index (χ1) is 8.24. The highest BCUT2D eigenvalue weighted by atomic mass is 28.4. The van der Waals surface area contributed by atoms with Gasteiger partial charge in [-0.05, 0) is 43.5 Å². The number of unbranched alkanes of at least 4 members (excludes halogenated alkanes) is 3. The van der Waals surface area contributed by atoms with Gasteiger partial charge in [-0.3, -0.25) is 0 Å². The van der Waals surface area contributed by atoms with Crippen LogP contribution in [0.1, 0.15) is 60.3 Å². The molecule has 1 nitrogen and oxygen atoms in total. The molecule has 0 aliphatic heterocycles. The van der Waals surface area contributed by atoms with E-state index < -0.39 is 8.32 Å². The number of hydrogen-bond acceptors (Lipinski definition) is 1. The van der Waals surface area contributed by atoms with Crippen LogP contribution in [0.25, 0.3) is 0 Å². The summed E-state index contributed by atoms with van der Waals surface area (Å²) >= 11 is 0. The van der Waals surface area contributed by atoms with Crippen LogP contribution < -0.4 is 0 Å². The van der Waals surface area contributed by atoms with Gasteiger partial charge in [0.2, 0.25) is 0 Å². The van der Waals surface area contributed by atoms with Gasteiger partial charge in [-0.15, -0.1) is 0 Å². The van der Waals surface area contributed by atoms with Gasteiger partial charge in [-0.25, -0.2) is 0 Å². The van der Waals surface area contributed by atoms with Crippen LogP contribution in [0.3, 0.4) is 0 Å². The highest BCUT2D eigenvalue weighted by molar-refractivity contribution is 6.74. The van der Waals surface area contributed by atoms with Crippen molar-refractivity contribution in [2.24, 2.45) is 0 Å². The van der Waals surface area contributed by atoms with Crippen LogP contribution >= 0.6 is 0 Å². The molecule has 18 heavy (non-hydrogen) atoms. The first-order valence-electron chi connectivity index (χ1n) is 7.08. The minimum Gasteiger partial charge on any atom is -0.538 e. The van der Waals surface area contributed by atoms with E-state index in [0.717, 1.165) is 12.2 Å². The third-order valence-corrected chi connectivity index (χ3v) is 7.89. The van der Waals surface area contributed by atoms with Gasteiger partial charge in [-0.1, -0.05) is 46.5 Å². The fourth-order valence-corrected chi connectivity index (χ4v) is 2.22. The maximum absolute atomic E-state index is 6.18. The molecule has 0 heterocycles. The average molecular weight is 267 g/mol. The van der Waals surface area contributed by atoms with Gasteiger partial charge in [-0.2, -0.15) is 0 Å². The van der Waals surface area contributed by atoms with Crippen molar-refractivity contribution in [3.63, 3.8) is 0 Å². The topological polar surface area (TPSA) is 9.23 Å². The van der Waals surface area contributed by atoms with Crippen molar-refractivity contribution in [2.75, 3.05) is 0 Å². The average Bonchev–Trinajstić information content (AvgIpc) is 2.25. The molecular weight excluding hydrogens is 236 g/mol. The molecule has 0 rings (SSSR count). The van der Waals surface area contributed by atoms with Crippen LogP contribution in [0.2, 0.25) is 18.1 Å². The lowest BCUT2D eigenvalue weighted by Crippen LogP contribution is -2.40. The predicted molar refractivity (Wildman–Crippen MR) is 84.0 cm³/mol. The number of rotatable bonds is 5. The maximum Gasteiger partial charge on any atom is 0.251 e. The summed E-state index contributed by atoms with van der Waals surface area (Å²) < 4.78 is 6.18. The van der Waals surface area contributed by atoms with Crippen molar-refractivity contribution >= 4 is 8.32 Å². The molecule has 0 aromatic carbocycles. The van der Waals surface area contributed by atoms with Crippen molar-refractivity contribution < 1.29 is 4.43 Å². The Labute approximate surface area is 115 Å².